The number of halogens is 1. The highest BCUT2D eigenvalue weighted by atomic mass is 19.1. The number of hydrogen-bond acceptors (Lipinski definition) is 3. The zero-order valence-corrected chi connectivity index (χ0v) is 7.90. The fourth-order valence-corrected chi connectivity index (χ4v) is 1.01. The van der Waals surface area contributed by atoms with E-state index < -0.39 is 11.9 Å². The van der Waals surface area contributed by atoms with E-state index in [1.807, 2.05) is 0 Å². The predicted molar refractivity (Wildman–Crippen MR) is 49.5 cm³/mol. The molecule has 1 aromatic rings. The lowest BCUT2D eigenvalue weighted by Crippen LogP contribution is -2.12. The van der Waals surface area contributed by atoms with Gasteiger partial charge in [0.2, 0.25) is 0 Å². The summed E-state index contributed by atoms with van der Waals surface area (Å²) in [7, 11) is 0. The molecule has 1 aromatic carbocycles. The summed E-state index contributed by atoms with van der Waals surface area (Å²) in [5, 5.41) is 17.7. The van der Waals surface area contributed by atoms with Crippen LogP contribution in [0.25, 0.3) is 0 Å². The van der Waals surface area contributed by atoms with Gasteiger partial charge >= 0.3 is 0 Å². The van der Waals surface area contributed by atoms with Gasteiger partial charge in [0.05, 0.1) is 12.7 Å². The smallest absolute Gasteiger partial charge is 0.127 e. The number of benzene rings is 1. The largest absolute Gasteiger partial charge is 0.491 e. The minimum absolute atomic E-state index is 0.105. The minimum atomic E-state index is -0.601. The van der Waals surface area contributed by atoms with Crippen LogP contribution in [0.2, 0.25) is 0 Å². The van der Waals surface area contributed by atoms with Crippen molar-refractivity contribution >= 4 is 0 Å². The summed E-state index contributed by atoms with van der Waals surface area (Å²) in [6, 6.07) is 3.97. The van der Waals surface area contributed by atoms with E-state index in [4.69, 9.17) is 14.9 Å². The molecule has 1 atom stereocenters. The summed E-state index contributed by atoms with van der Waals surface area (Å²) in [6.45, 7) is 1.45. The second kappa shape index (κ2) is 4.93. The first-order valence-electron chi connectivity index (χ1n) is 4.33. The van der Waals surface area contributed by atoms with E-state index in [0.29, 0.717) is 11.3 Å². The van der Waals surface area contributed by atoms with Crippen LogP contribution in [0.1, 0.15) is 12.5 Å². The molecular formula is C10H13FO3. The molecule has 0 saturated carbocycles. The molecule has 0 heterocycles. The van der Waals surface area contributed by atoms with Crippen molar-refractivity contribution in [2.45, 2.75) is 19.6 Å². The van der Waals surface area contributed by atoms with Gasteiger partial charge in [0.1, 0.15) is 18.2 Å². The normalized spacial score (nSPS) is 12.6. The van der Waals surface area contributed by atoms with Crippen LogP contribution < -0.4 is 4.74 Å². The van der Waals surface area contributed by atoms with Crippen LogP contribution in [0.5, 0.6) is 5.75 Å². The summed E-state index contributed by atoms with van der Waals surface area (Å²) < 4.78 is 18.0. The summed E-state index contributed by atoms with van der Waals surface area (Å²) >= 11 is 0. The molecule has 0 spiro atoms. The Balaban J connectivity index is 2.71. The number of aliphatic hydroxyl groups excluding tert-OH is 2. The maximum atomic E-state index is 12.9. The maximum Gasteiger partial charge on any atom is 0.127 e. The van der Waals surface area contributed by atoms with Crippen LogP contribution in [-0.2, 0) is 6.61 Å². The van der Waals surface area contributed by atoms with Gasteiger partial charge in [-0.05, 0) is 24.6 Å². The Morgan fingerprint density at radius 2 is 2.14 bits per heavy atom. The molecule has 2 N–H and O–H groups in total. The second-order valence-electron chi connectivity index (χ2n) is 3.11. The van der Waals surface area contributed by atoms with Gasteiger partial charge < -0.3 is 14.9 Å². The van der Waals surface area contributed by atoms with Crippen LogP contribution in [0.15, 0.2) is 18.2 Å². The molecular weight excluding hydrogens is 187 g/mol. The first-order valence-corrected chi connectivity index (χ1v) is 4.33. The molecule has 1 rings (SSSR count). The summed E-state index contributed by atoms with van der Waals surface area (Å²) in [4.78, 5) is 0. The SMILES string of the molecule is CC(O)COc1cc(F)cc(CO)c1. The monoisotopic (exact) mass is 200 g/mol. The topological polar surface area (TPSA) is 49.7 Å². The van der Waals surface area contributed by atoms with E-state index in [-0.39, 0.29) is 13.2 Å². The first-order chi connectivity index (χ1) is 6.61. The summed E-state index contributed by atoms with van der Waals surface area (Å²) in [6.07, 6.45) is -0.601. The van der Waals surface area contributed by atoms with Crippen LogP contribution in [0.3, 0.4) is 0 Å². The van der Waals surface area contributed by atoms with Crippen molar-refractivity contribution in [2.24, 2.45) is 0 Å². The average molecular weight is 200 g/mol. The van der Waals surface area contributed by atoms with E-state index in [1.54, 1.807) is 6.92 Å². The van der Waals surface area contributed by atoms with Gasteiger partial charge in [-0.15, -0.1) is 0 Å². The third-order valence-corrected chi connectivity index (χ3v) is 1.60. The lowest BCUT2D eigenvalue weighted by molar-refractivity contribution is 0.122. The van der Waals surface area contributed by atoms with Gasteiger partial charge in [0.15, 0.2) is 0 Å². The average Bonchev–Trinajstić information content (AvgIpc) is 2.14. The highest BCUT2D eigenvalue weighted by Crippen LogP contribution is 2.16. The number of ether oxygens (including phenoxy) is 1. The van der Waals surface area contributed by atoms with Crippen LogP contribution >= 0.6 is 0 Å². The van der Waals surface area contributed by atoms with Crippen molar-refractivity contribution < 1.29 is 19.3 Å². The van der Waals surface area contributed by atoms with Crippen LogP contribution in [-0.4, -0.2) is 22.9 Å². The zero-order valence-electron chi connectivity index (χ0n) is 7.90. The first kappa shape index (κ1) is 10.9. The Bertz CT molecular complexity index is 299. The molecule has 0 saturated heterocycles. The van der Waals surface area contributed by atoms with Gasteiger partial charge in [-0.1, -0.05) is 0 Å². The quantitative estimate of drug-likeness (QED) is 0.764. The summed E-state index contributed by atoms with van der Waals surface area (Å²) in [5.41, 5.74) is 0.450. The molecule has 0 aromatic heterocycles. The third kappa shape index (κ3) is 3.32. The third-order valence-electron chi connectivity index (χ3n) is 1.60. The standard InChI is InChI=1S/C10H13FO3/c1-7(13)6-14-10-3-8(5-12)2-9(11)4-10/h2-4,7,12-13H,5-6H2,1H3. The molecule has 0 aliphatic heterocycles. The molecule has 1 unspecified atom stereocenters. The number of rotatable bonds is 4. The molecule has 78 valence electrons. The molecule has 14 heavy (non-hydrogen) atoms. The predicted octanol–water partition coefficient (Wildman–Crippen LogP) is 1.08. The highest BCUT2D eigenvalue weighted by Gasteiger charge is 2.02. The Morgan fingerprint density at radius 1 is 1.43 bits per heavy atom. The highest BCUT2D eigenvalue weighted by molar-refractivity contribution is 5.29. The molecule has 4 heteroatoms. The van der Waals surface area contributed by atoms with Gasteiger partial charge in [-0.2, -0.15) is 0 Å². The van der Waals surface area contributed by atoms with Crippen molar-refractivity contribution in [3.63, 3.8) is 0 Å². The van der Waals surface area contributed by atoms with E-state index in [2.05, 4.69) is 0 Å². The van der Waals surface area contributed by atoms with E-state index in [1.165, 1.54) is 18.2 Å². The maximum absolute atomic E-state index is 12.9. The van der Waals surface area contributed by atoms with Gasteiger partial charge in [0.25, 0.3) is 0 Å². The molecule has 0 aliphatic rings. The van der Waals surface area contributed by atoms with Crippen molar-refractivity contribution in [3.8, 4) is 5.75 Å². The number of hydrogen-bond donors (Lipinski definition) is 2. The van der Waals surface area contributed by atoms with Crippen LogP contribution in [0.4, 0.5) is 4.39 Å². The Hall–Kier alpha value is -1.13. The van der Waals surface area contributed by atoms with Crippen molar-refractivity contribution in [3.05, 3.63) is 29.6 Å². The molecule has 0 fully saturated rings. The lowest BCUT2D eigenvalue weighted by Gasteiger charge is -2.09. The van der Waals surface area contributed by atoms with E-state index in [0.717, 1.165) is 0 Å². The van der Waals surface area contributed by atoms with Crippen LogP contribution in [0, 0.1) is 5.82 Å². The Kier molecular flexibility index (Phi) is 3.85. The second-order valence-corrected chi connectivity index (χ2v) is 3.11. The van der Waals surface area contributed by atoms with Gasteiger partial charge in [-0.25, -0.2) is 4.39 Å². The number of aliphatic hydroxyl groups is 2. The Morgan fingerprint density at radius 3 is 2.71 bits per heavy atom. The lowest BCUT2D eigenvalue weighted by atomic mass is 10.2. The molecule has 0 amide bonds. The zero-order chi connectivity index (χ0) is 10.6. The molecule has 0 bridgehead atoms. The minimum Gasteiger partial charge on any atom is -0.491 e. The van der Waals surface area contributed by atoms with Gasteiger partial charge in [-0.3, -0.25) is 0 Å². The molecule has 0 radical (unpaired) electrons. The molecule has 0 aliphatic carbocycles. The van der Waals surface area contributed by atoms with E-state index >= 15 is 0 Å². The van der Waals surface area contributed by atoms with Crippen molar-refractivity contribution in [1.82, 2.24) is 0 Å². The molecule has 3 nitrogen and oxygen atoms in total. The van der Waals surface area contributed by atoms with Gasteiger partial charge in [0, 0.05) is 6.07 Å². The van der Waals surface area contributed by atoms with Crippen molar-refractivity contribution in [2.75, 3.05) is 6.61 Å². The fraction of sp³-hybridized carbons (Fsp3) is 0.400. The fourth-order valence-electron chi connectivity index (χ4n) is 1.01. The van der Waals surface area contributed by atoms with Crippen molar-refractivity contribution in [1.29, 1.82) is 0 Å². The Labute approximate surface area is 81.8 Å². The van der Waals surface area contributed by atoms with E-state index in [9.17, 15) is 4.39 Å². The summed E-state index contributed by atoms with van der Waals surface area (Å²) in [5.74, 6) is -0.146.